The average molecular weight is 385 g/mol. The number of carbonyl (C=O) groups is 1. The second kappa shape index (κ2) is 6.98. The highest BCUT2D eigenvalue weighted by Crippen LogP contribution is 2.33. The lowest BCUT2D eigenvalue weighted by atomic mass is 10.2. The molecular weight excluding hydrogens is 362 g/mol. The Balaban J connectivity index is 1.54. The number of anilines is 1. The van der Waals surface area contributed by atoms with Crippen LogP contribution in [0.3, 0.4) is 0 Å². The first-order chi connectivity index (χ1) is 13.0. The Morgan fingerprint density at radius 2 is 1.96 bits per heavy atom. The molecule has 1 aliphatic carbocycles. The normalized spacial score (nSPS) is 17.4. The molecule has 2 aromatic carbocycles. The topological polar surface area (TPSA) is 92.5 Å². The molecule has 7 heteroatoms. The van der Waals surface area contributed by atoms with Gasteiger partial charge in [0.25, 0.3) is 15.9 Å². The Morgan fingerprint density at radius 1 is 1.19 bits per heavy atom. The van der Waals surface area contributed by atoms with Crippen LogP contribution in [0.2, 0.25) is 0 Å². The summed E-state index contributed by atoms with van der Waals surface area (Å²) in [6.45, 7) is 0.814. The van der Waals surface area contributed by atoms with Gasteiger partial charge < -0.3 is 11.1 Å². The largest absolute Gasteiger partial charge is 0.350 e. The van der Waals surface area contributed by atoms with Crippen molar-refractivity contribution in [3.05, 3.63) is 59.7 Å². The predicted octanol–water partition coefficient (Wildman–Crippen LogP) is 1.91. The number of rotatable bonds is 6. The Bertz CT molecular complexity index is 970. The van der Waals surface area contributed by atoms with E-state index in [1.165, 1.54) is 16.4 Å². The van der Waals surface area contributed by atoms with E-state index in [0.717, 1.165) is 18.4 Å². The number of hydrogen-bond acceptors (Lipinski definition) is 4. The fraction of sp³-hybridized carbons (Fsp3) is 0.350. The first-order valence-electron chi connectivity index (χ1n) is 9.21. The Hall–Kier alpha value is -2.38. The minimum atomic E-state index is -3.71. The van der Waals surface area contributed by atoms with Crippen LogP contribution in [-0.2, 0) is 16.4 Å². The number of hydrogen-bond donors (Lipinski definition) is 2. The number of para-hydroxylation sites is 1. The lowest BCUT2D eigenvalue weighted by Gasteiger charge is -2.20. The van der Waals surface area contributed by atoms with Crippen molar-refractivity contribution in [3.8, 4) is 0 Å². The summed E-state index contributed by atoms with van der Waals surface area (Å²) in [7, 11) is -3.71. The summed E-state index contributed by atoms with van der Waals surface area (Å²) in [4.78, 5) is 12.5. The van der Waals surface area contributed by atoms with E-state index >= 15 is 0 Å². The number of benzene rings is 2. The summed E-state index contributed by atoms with van der Waals surface area (Å²) in [6.07, 6.45) is 2.92. The van der Waals surface area contributed by atoms with Crippen LogP contribution in [-0.4, -0.2) is 33.5 Å². The molecule has 0 saturated heterocycles. The van der Waals surface area contributed by atoms with Crippen LogP contribution in [0.4, 0.5) is 5.69 Å². The van der Waals surface area contributed by atoms with Gasteiger partial charge in [0.2, 0.25) is 0 Å². The second-order valence-electron chi connectivity index (χ2n) is 7.20. The summed E-state index contributed by atoms with van der Waals surface area (Å²) in [6, 6.07) is 13.7. The molecule has 1 amide bonds. The molecular formula is C20H23N3O3S. The highest BCUT2D eigenvalue weighted by Gasteiger charge is 2.31. The zero-order valence-corrected chi connectivity index (χ0v) is 15.8. The van der Waals surface area contributed by atoms with E-state index in [1.54, 1.807) is 12.1 Å². The number of nitrogens with zero attached hydrogens (tertiary/aromatic N) is 1. The summed E-state index contributed by atoms with van der Waals surface area (Å²) in [5.41, 5.74) is 8.07. The van der Waals surface area contributed by atoms with Crippen LogP contribution < -0.4 is 15.4 Å². The smallest absolute Gasteiger partial charge is 0.264 e. The second-order valence-corrected chi connectivity index (χ2v) is 9.06. The molecule has 2 aromatic rings. The van der Waals surface area contributed by atoms with Gasteiger partial charge >= 0.3 is 0 Å². The molecule has 27 heavy (non-hydrogen) atoms. The molecule has 1 saturated carbocycles. The molecule has 1 unspecified atom stereocenters. The summed E-state index contributed by atoms with van der Waals surface area (Å²) in [5.74, 6) is 0.192. The van der Waals surface area contributed by atoms with E-state index in [1.807, 2.05) is 24.3 Å². The maximum Gasteiger partial charge on any atom is 0.264 e. The molecule has 2 aliphatic rings. The predicted molar refractivity (Wildman–Crippen MR) is 104 cm³/mol. The van der Waals surface area contributed by atoms with Gasteiger partial charge in [-0.1, -0.05) is 24.3 Å². The molecule has 6 nitrogen and oxygen atoms in total. The van der Waals surface area contributed by atoms with Gasteiger partial charge in [-0.05, 0) is 55.0 Å². The third-order valence-corrected chi connectivity index (χ3v) is 7.06. The molecule has 0 aromatic heterocycles. The SMILES string of the molecule is NC(CNC(=O)c1cccc(S(=O)(=O)N2CCc3ccccc32)c1)C1CC1. The van der Waals surface area contributed by atoms with Crippen molar-refractivity contribution in [1.82, 2.24) is 5.32 Å². The molecule has 0 bridgehead atoms. The van der Waals surface area contributed by atoms with Crippen molar-refractivity contribution >= 4 is 21.6 Å². The fourth-order valence-electron chi connectivity index (χ4n) is 3.49. The molecule has 4 rings (SSSR count). The monoisotopic (exact) mass is 385 g/mol. The van der Waals surface area contributed by atoms with Gasteiger partial charge in [0.05, 0.1) is 10.6 Å². The van der Waals surface area contributed by atoms with Crippen molar-refractivity contribution in [2.24, 2.45) is 11.7 Å². The van der Waals surface area contributed by atoms with Gasteiger partial charge in [0.1, 0.15) is 0 Å². The summed E-state index contributed by atoms with van der Waals surface area (Å²) < 4.78 is 27.6. The van der Waals surface area contributed by atoms with E-state index in [9.17, 15) is 13.2 Å². The third kappa shape index (κ3) is 3.57. The molecule has 1 atom stereocenters. The number of nitrogens with two attached hydrogens (primary N) is 1. The van der Waals surface area contributed by atoms with E-state index < -0.39 is 10.0 Å². The minimum Gasteiger partial charge on any atom is -0.350 e. The van der Waals surface area contributed by atoms with Gasteiger partial charge in [0, 0.05) is 24.7 Å². The van der Waals surface area contributed by atoms with Crippen molar-refractivity contribution in [3.63, 3.8) is 0 Å². The van der Waals surface area contributed by atoms with Crippen molar-refractivity contribution in [2.45, 2.75) is 30.2 Å². The summed E-state index contributed by atoms with van der Waals surface area (Å²) >= 11 is 0. The van der Waals surface area contributed by atoms with Crippen LogP contribution >= 0.6 is 0 Å². The average Bonchev–Trinajstić information content (AvgIpc) is 3.44. The van der Waals surface area contributed by atoms with Gasteiger partial charge in [-0.25, -0.2) is 8.42 Å². The van der Waals surface area contributed by atoms with E-state index in [-0.39, 0.29) is 16.8 Å². The number of nitrogens with one attached hydrogen (secondary N) is 1. The van der Waals surface area contributed by atoms with E-state index in [0.29, 0.717) is 36.7 Å². The minimum absolute atomic E-state index is 0.0398. The Labute approximate surface area is 159 Å². The number of carbonyl (C=O) groups excluding carboxylic acids is 1. The first kappa shape index (κ1) is 18.0. The van der Waals surface area contributed by atoms with E-state index in [4.69, 9.17) is 5.73 Å². The quantitative estimate of drug-likeness (QED) is 0.794. The molecule has 142 valence electrons. The molecule has 0 radical (unpaired) electrons. The van der Waals surface area contributed by atoms with Crippen LogP contribution in [0.1, 0.15) is 28.8 Å². The number of amides is 1. The van der Waals surface area contributed by atoms with Crippen LogP contribution in [0.5, 0.6) is 0 Å². The lowest BCUT2D eigenvalue weighted by Crippen LogP contribution is -2.38. The van der Waals surface area contributed by atoms with Crippen molar-refractivity contribution in [2.75, 3.05) is 17.4 Å². The maximum absolute atomic E-state index is 13.1. The zero-order chi connectivity index (χ0) is 19.0. The Morgan fingerprint density at radius 3 is 2.74 bits per heavy atom. The Kier molecular flexibility index (Phi) is 4.65. The molecule has 1 fully saturated rings. The van der Waals surface area contributed by atoms with Gasteiger partial charge in [-0.2, -0.15) is 0 Å². The highest BCUT2D eigenvalue weighted by molar-refractivity contribution is 7.92. The molecule has 1 aliphatic heterocycles. The summed E-state index contributed by atoms with van der Waals surface area (Å²) in [5, 5.41) is 2.81. The van der Waals surface area contributed by atoms with Crippen molar-refractivity contribution < 1.29 is 13.2 Å². The molecule has 3 N–H and O–H groups in total. The van der Waals surface area contributed by atoms with Crippen LogP contribution in [0.15, 0.2) is 53.4 Å². The molecule has 0 spiro atoms. The van der Waals surface area contributed by atoms with E-state index in [2.05, 4.69) is 5.32 Å². The molecule has 1 heterocycles. The van der Waals surface area contributed by atoms with Gasteiger partial charge in [-0.15, -0.1) is 0 Å². The first-order valence-corrected chi connectivity index (χ1v) is 10.7. The fourth-order valence-corrected chi connectivity index (χ4v) is 5.04. The number of fused-ring (bicyclic) bond motifs is 1. The maximum atomic E-state index is 13.1. The van der Waals surface area contributed by atoms with Crippen LogP contribution in [0, 0.1) is 5.92 Å². The van der Waals surface area contributed by atoms with Gasteiger partial charge in [-0.3, -0.25) is 9.10 Å². The third-order valence-electron chi connectivity index (χ3n) is 5.25. The highest BCUT2D eigenvalue weighted by atomic mass is 32.2. The number of sulfonamides is 1. The lowest BCUT2D eigenvalue weighted by molar-refractivity contribution is 0.0950. The van der Waals surface area contributed by atoms with Crippen molar-refractivity contribution in [1.29, 1.82) is 0 Å². The van der Waals surface area contributed by atoms with Crippen LogP contribution in [0.25, 0.3) is 0 Å². The van der Waals surface area contributed by atoms with Gasteiger partial charge in [0.15, 0.2) is 0 Å². The zero-order valence-electron chi connectivity index (χ0n) is 15.0. The standard InChI is InChI=1S/C20H23N3O3S/c21-18(14-8-9-14)13-22-20(24)16-5-3-6-17(12-16)27(25,26)23-11-10-15-4-1-2-7-19(15)23/h1-7,12,14,18H,8-11,13,21H2,(H,22,24).